The number of aromatic nitrogens is 2. The fourth-order valence-corrected chi connectivity index (χ4v) is 4.29. The first kappa shape index (κ1) is 13.9. The summed E-state index contributed by atoms with van der Waals surface area (Å²) in [7, 11) is 0. The molecular weight excluding hydrogens is 292 g/mol. The molecule has 2 aliphatic rings. The highest BCUT2D eigenvalue weighted by atomic mass is 14.8. The zero-order chi connectivity index (χ0) is 15.9. The van der Waals surface area contributed by atoms with Crippen molar-refractivity contribution in [3.8, 4) is 22.5 Å². The molecule has 1 aromatic carbocycles. The number of aryl methyl sites for hydroxylation is 2. The Balaban J connectivity index is 1.84. The van der Waals surface area contributed by atoms with Crippen LogP contribution in [0.1, 0.15) is 35.2 Å². The molecule has 2 heteroatoms. The van der Waals surface area contributed by atoms with Crippen molar-refractivity contribution < 1.29 is 0 Å². The van der Waals surface area contributed by atoms with Crippen molar-refractivity contribution in [2.24, 2.45) is 0 Å². The number of rotatable bonds is 1. The second-order valence-electron chi connectivity index (χ2n) is 6.82. The molecule has 0 amide bonds. The van der Waals surface area contributed by atoms with Crippen LogP contribution in [0, 0.1) is 0 Å². The molecule has 0 bridgehead atoms. The molecule has 0 radical (unpaired) electrons. The van der Waals surface area contributed by atoms with Crippen LogP contribution in [0.4, 0.5) is 0 Å². The molecule has 0 N–H and O–H groups in total. The second-order valence-corrected chi connectivity index (χ2v) is 6.82. The van der Waals surface area contributed by atoms with Crippen LogP contribution in [0.5, 0.6) is 0 Å². The van der Waals surface area contributed by atoms with Gasteiger partial charge in [-0.05, 0) is 72.4 Å². The van der Waals surface area contributed by atoms with Crippen molar-refractivity contribution in [2.75, 3.05) is 0 Å². The molecule has 2 heterocycles. The molecule has 0 atom stereocenters. The summed E-state index contributed by atoms with van der Waals surface area (Å²) in [5.41, 5.74) is 10.6. The third kappa shape index (κ3) is 2.10. The highest BCUT2D eigenvalue weighted by molar-refractivity contribution is 5.80. The Hall–Kier alpha value is -2.48. The van der Waals surface area contributed by atoms with Gasteiger partial charge in [-0.3, -0.25) is 9.97 Å². The van der Waals surface area contributed by atoms with Crippen molar-refractivity contribution in [1.29, 1.82) is 0 Å². The minimum Gasteiger partial charge on any atom is -0.254 e. The quantitative estimate of drug-likeness (QED) is 0.646. The molecule has 0 spiro atoms. The highest BCUT2D eigenvalue weighted by Crippen LogP contribution is 2.41. The molecule has 5 rings (SSSR count). The summed E-state index contributed by atoms with van der Waals surface area (Å²) in [6, 6.07) is 15.1. The molecule has 0 saturated carbocycles. The number of hydrogen-bond donors (Lipinski definition) is 0. The first-order valence-electron chi connectivity index (χ1n) is 8.96. The average Bonchev–Trinajstić information content (AvgIpc) is 2.67. The predicted octanol–water partition coefficient (Wildman–Crippen LogP) is 4.79. The summed E-state index contributed by atoms with van der Waals surface area (Å²) in [5.74, 6) is 0. The monoisotopic (exact) mass is 312 g/mol. The van der Waals surface area contributed by atoms with Crippen LogP contribution in [0.2, 0.25) is 0 Å². The number of pyridine rings is 2. The van der Waals surface area contributed by atoms with Gasteiger partial charge in [0, 0.05) is 11.9 Å². The minimum absolute atomic E-state index is 1.07. The second kappa shape index (κ2) is 5.55. The van der Waals surface area contributed by atoms with Crippen molar-refractivity contribution in [2.45, 2.75) is 38.5 Å². The van der Waals surface area contributed by atoms with E-state index in [9.17, 15) is 0 Å². The van der Waals surface area contributed by atoms with Gasteiger partial charge in [0.05, 0.1) is 11.4 Å². The minimum atomic E-state index is 1.07. The molecule has 0 aliphatic heterocycles. The van der Waals surface area contributed by atoms with Crippen LogP contribution >= 0.6 is 0 Å². The van der Waals surface area contributed by atoms with E-state index in [0.717, 1.165) is 37.1 Å². The molecule has 2 aliphatic carbocycles. The maximum Gasteiger partial charge on any atom is 0.0930 e. The normalized spacial score (nSPS) is 15.3. The fraction of sp³-hybridized carbons (Fsp3) is 0.273. The van der Waals surface area contributed by atoms with Crippen molar-refractivity contribution >= 4 is 0 Å². The number of fused-ring (bicyclic) bond motifs is 4. The summed E-state index contributed by atoms with van der Waals surface area (Å²) in [5, 5.41) is 0. The van der Waals surface area contributed by atoms with E-state index in [2.05, 4.69) is 41.4 Å². The lowest BCUT2D eigenvalue weighted by molar-refractivity contribution is 0.666. The van der Waals surface area contributed by atoms with Crippen LogP contribution in [0.15, 0.2) is 48.7 Å². The summed E-state index contributed by atoms with van der Waals surface area (Å²) in [4.78, 5) is 9.80. The first-order valence-corrected chi connectivity index (χ1v) is 8.96. The molecule has 0 unspecified atom stereocenters. The summed E-state index contributed by atoms with van der Waals surface area (Å²) < 4.78 is 0. The van der Waals surface area contributed by atoms with Gasteiger partial charge in [-0.25, -0.2) is 0 Å². The molecule has 2 nitrogen and oxygen atoms in total. The molecule has 2 aromatic heterocycles. The molecule has 3 aromatic rings. The zero-order valence-electron chi connectivity index (χ0n) is 13.8. The first-order chi connectivity index (χ1) is 11.9. The Morgan fingerprint density at radius 1 is 0.708 bits per heavy atom. The molecular formula is C22H20N2. The Morgan fingerprint density at radius 3 is 2.50 bits per heavy atom. The SMILES string of the molecule is c1ccc(-c2c3c(nc4c2CCc2cccnc2-4)CCCC3)cc1. The lowest BCUT2D eigenvalue weighted by atomic mass is 9.81. The summed E-state index contributed by atoms with van der Waals surface area (Å²) >= 11 is 0. The predicted molar refractivity (Wildman–Crippen MR) is 97.0 cm³/mol. The van der Waals surface area contributed by atoms with Crippen molar-refractivity contribution in [1.82, 2.24) is 9.97 Å². The van der Waals surface area contributed by atoms with E-state index in [1.807, 2.05) is 12.3 Å². The number of hydrogen-bond acceptors (Lipinski definition) is 2. The lowest BCUT2D eigenvalue weighted by Crippen LogP contribution is -2.15. The standard InChI is InChI=1S/C22H20N2/c1-2-7-15(8-3-1)20-17-10-4-5-11-19(17)24-22-18(20)13-12-16-9-6-14-23-21(16)22/h1-3,6-9,14H,4-5,10-13H2. The number of benzene rings is 1. The van der Waals surface area contributed by atoms with E-state index in [-0.39, 0.29) is 0 Å². The summed E-state index contributed by atoms with van der Waals surface area (Å²) in [6.07, 6.45) is 8.83. The van der Waals surface area contributed by atoms with Crippen LogP contribution in [0.25, 0.3) is 22.5 Å². The number of nitrogens with zero attached hydrogens (tertiary/aromatic N) is 2. The third-order valence-electron chi connectivity index (χ3n) is 5.40. The van der Waals surface area contributed by atoms with E-state index in [1.165, 1.54) is 46.4 Å². The van der Waals surface area contributed by atoms with Gasteiger partial charge >= 0.3 is 0 Å². The van der Waals surface area contributed by atoms with Crippen LogP contribution < -0.4 is 0 Å². The maximum absolute atomic E-state index is 5.12. The maximum atomic E-state index is 5.12. The molecule has 0 saturated heterocycles. The van der Waals surface area contributed by atoms with E-state index in [0.29, 0.717) is 0 Å². The molecule has 0 fully saturated rings. The molecule has 118 valence electrons. The van der Waals surface area contributed by atoms with E-state index < -0.39 is 0 Å². The van der Waals surface area contributed by atoms with E-state index in [4.69, 9.17) is 4.98 Å². The van der Waals surface area contributed by atoms with Crippen molar-refractivity contribution in [3.63, 3.8) is 0 Å². The van der Waals surface area contributed by atoms with E-state index in [1.54, 1.807) is 0 Å². The topological polar surface area (TPSA) is 25.8 Å². The van der Waals surface area contributed by atoms with Crippen LogP contribution in [-0.4, -0.2) is 9.97 Å². The smallest absolute Gasteiger partial charge is 0.0930 e. The summed E-state index contributed by atoms with van der Waals surface area (Å²) in [6.45, 7) is 0. The Labute approximate surface area is 142 Å². The fourth-order valence-electron chi connectivity index (χ4n) is 4.29. The highest BCUT2D eigenvalue weighted by Gasteiger charge is 2.27. The van der Waals surface area contributed by atoms with Gasteiger partial charge in [0.2, 0.25) is 0 Å². The van der Waals surface area contributed by atoms with E-state index >= 15 is 0 Å². The largest absolute Gasteiger partial charge is 0.254 e. The van der Waals surface area contributed by atoms with Gasteiger partial charge < -0.3 is 0 Å². The Kier molecular flexibility index (Phi) is 3.22. The van der Waals surface area contributed by atoms with Gasteiger partial charge in [0.15, 0.2) is 0 Å². The third-order valence-corrected chi connectivity index (χ3v) is 5.40. The van der Waals surface area contributed by atoms with Crippen LogP contribution in [0.3, 0.4) is 0 Å². The van der Waals surface area contributed by atoms with Gasteiger partial charge in [-0.2, -0.15) is 0 Å². The molecule has 24 heavy (non-hydrogen) atoms. The van der Waals surface area contributed by atoms with Gasteiger partial charge in [0.1, 0.15) is 0 Å². The van der Waals surface area contributed by atoms with Gasteiger partial charge in [-0.15, -0.1) is 0 Å². The Bertz CT molecular complexity index is 913. The van der Waals surface area contributed by atoms with Crippen molar-refractivity contribution in [3.05, 3.63) is 71.0 Å². The van der Waals surface area contributed by atoms with Gasteiger partial charge in [-0.1, -0.05) is 36.4 Å². The lowest BCUT2D eigenvalue weighted by Gasteiger charge is -2.27. The van der Waals surface area contributed by atoms with Crippen LogP contribution in [-0.2, 0) is 25.7 Å². The zero-order valence-corrected chi connectivity index (χ0v) is 13.8. The van der Waals surface area contributed by atoms with Gasteiger partial charge in [0.25, 0.3) is 0 Å². The Morgan fingerprint density at radius 2 is 1.58 bits per heavy atom. The average molecular weight is 312 g/mol.